The maximum absolute atomic E-state index is 13.7. The van der Waals surface area contributed by atoms with Crippen LogP contribution >= 0.6 is 0 Å². The molecule has 172 valence electrons. The molecule has 7 heteroatoms. The van der Waals surface area contributed by atoms with Crippen LogP contribution in [0.15, 0.2) is 60.8 Å². The Balaban J connectivity index is 1.50. The number of rotatable bonds is 7. The second-order valence-corrected chi connectivity index (χ2v) is 8.90. The van der Waals surface area contributed by atoms with Gasteiger partial charge in [-0.15, -0.1) is 0 Å². The van der Waals surface area contributed by atoms with Gasteiger partial charge in [-0.25, -0.2) is 4.39 Å². The molecule has 6 nitrogen and oxygen atoms in total. The van der Waals surface area contributed by atoms with E-state index in [1.54, 1.807) is 21.8 Å². The van der Waals surface area contributed by atoms with E-state index in [0.717, 1.165) is 28.8 Å². The smallest absolute Gasteiger partial charge is 0.225 e. The summed E-state index contributed by atoms with van der Waals surface area (Å²) < 4.78 is 15.5. The number of aryl methyl sites for hydroxylation is 2. The van der Waals surface area contributed by atoms with Crippen molar-refractivity contribution in [2.24, 2.45) is 11.1 Å². The molecule has 2 N–H and O–H groups in total. The molecular weight excluding hydrogens is 419 g/mol. The highest BCUT2D eigenvalue weighted by Gasteiger charge is 2.42. The summed E-state index contributed by atoms with van der Waals surface area (Å²) in [7, 11) is 0. The standard InChI is InChI=1S/C26H29FN4O2/c1-19-9-12-29-31(19)14-10-24(32)30-13-4-11-26(18-30,25(28)33)17-20-5-2-6-21(15-20)22-7-3-8-23(27)16-22/h2-3,5-9,12,15-16H,4,10-11,13-14,17-18H2,1H3,(H2,28,33). The van der Waals surface area contributed by atoms with Crippen LogP contribution in [0.1, 0.15) is 30.5 Å². The summed E-state index contributed by atoms with van der Waals surface area (Å²) in [6.45, 7) is 3.39. The molecule has 0 bridgehead atoms. The predicted molar refractivity (Wildman–Crippen MR) is 125 cm³/mol. The number of primary amides is 1. The van der Waals surface area contributed by atoms with E-state index in [1.807, 2.05) is 43.3 Å². The monoisotopic (exact) mass is 448 g/mol. The van der Waals surface area contributed by atoms with Crippen molar-refractivity contribution in [1.82, 2.24) is 14.7 Å². The fourth-order valence-corrected chi connectivity index (χ4v) is 4.69. The van der Waals surface area contributed by atoms with Crippen LogP contribution < -0.4 is 5.73 Å². The molecule has 3 aromatic rings. The molecule has 1 aliphatic heterocycles. The van der Waals surface area contributed by atoms with Crippen molar-refractivity contribution >= 4 is 11.8 Å². The van der Waals surface area contributed by atoms with E-state index in [4.69, 9.17) is 5.73 Å². The molecule has 1 saturated heterocycles. The van der Waals surface area contributed by atoms with Crippen LogP contribution in [-0.2, 0) is 22.6 Å². The summed E-state index contributed by atoms with van der Waals surface area (Å²) in [4.78, 5) is 27.4. The Morgan fingerprint density at radius 3 is 2.58 bits per heavy atom. The highest BCUT2D eigenvalue weighted by atomic mass is 19.1. The maximum Gasteiger partial charge on any atom is 0.225 e. The van der Waals surface area contributed by atoms with Gasteiger partial charge in [0.15, 0.2) is 0 Å². The van der Waals surface area contributed by atoms with Gasteiger partial charge in [0.2, 0.25) is 11.8 Å². The highest BCUT2D eigenvalue weighted by molar-refractivity contribution is 5.83. The quantitative estimate of drug-likeness (QED) is 0.598. The molecule has 0 spiro atoms. The number of amides is 2. The summed E-state index contributed by atoms with van der Waals surface area (Å²) >= 11 is 0. The van der Waals surface area contributed by atoms with E-state index in [2.05, 4.69) is 5.10 Å². The normalized spacial score (nSPS) is 18.3. The Morgan fingerprint density at radius 2 is 1.88 bits per heavy atom. The van der Waals surface area contributed by atoms with Gasteiger partial charge in [0.25, 0.3) is 0 Å². The Bertz CT molecular complexity index is 1160. The SMILES string of the molecule is Cc1ccnn1CCC(=O)N1CCCC(Cc2cccc(-c3cccc(F)c3)c2)(C(N)=O)C1. The van der Waals surface area contributed by atoms with Crippen molar-refractivity contribution in [3.8, 4) is 11.1 Å². The minimum atomic E-state index is -0.823. The molecule has 1 atom stereocenters. The zero-order valence-corrected chi connectivity index (χ0v) is 18.8. The molecule has 0 saturated carbocycles. The van der Waals surface area contributed by atoms with E-state index in [-0.39, 0.29) is 17.6 Å². The molecule has 33 heavy (non-hydrogen) atoms. The molecular formula is C26H29FN4O2. The fraction of sp³-hybridized carbons (Fsp3) is 0.346. The number of likely N-dealkylation sites (tertiary alicyclic amines) is 1. The van der Waals surface area contributed by atoms with Crippen LogP contribution in [-0.4, -0.2) is 39.6 Å². The third-order valence-electron chi connectivity index (χ3n) is 6.55. The van der Waals surface area contributed by atoms with E-state index in [9.17, 15) is 14.0 Å². The van der Waals surface area contributed by atoms with Crippen molar-refractivity contribution in [3.63, 3.8) is 0 Å². The van der Waals surface area contributed by atoms with Crippen molar-refractivity contribution in [3.05, 3.63) is 77.9 Å². The number of benzene rings is 2. The first-order chi connectivity index (χ1) is 15.9. The third-order valence-corrected chi connectivity index (χ3v) is 6.55. The highest BCUT2D eigenvalue weighted by Crippen LogP contribution is 2.35. The molecule has 1 unspecified atom stereocenters. The molecule has 1 fully saturated rings. The summed E-state index contributed by atoms with van der Waals surface area (Å²) in [6.07, 6.45) is 3.84. The molecule has 1 aromatic heterocycles. The fourth-order valence-electron chi connectivity index (χ4n) is 4.69. The van der Waals surface area contributed by atoms with E-state index >= 15 is 0 Å². The first-order valence-corrected chi connectivity index (χ1v) is 11.3. The van der Waals surface area contributed by atoms with E-state index < -0.39 is 5.41 Å². The molecule has 2 aromatic carbocycles. The Kier molecular flexibility index (Phi) is 6.58. The topological polar surface area (TPSA) is 81.2 Å². The summed E-state index contributed by atoms with van der Waals surface area (Å²) in [6, 6.07) is 16.1. The van der Waals surface area contributed by atoms with Crippen LogP contribution in [0, 0.1) is 18.2 Å². The lowest BCUT2D eigenvalue weighted by molar-refractivity contribution is -0.140. The van der Waals surface area contributed by atoms with Crippen LogP contribution in [0.3, 0.4) is 0 Å². The van der Waals surface area contributed by atoms with Gasteiger partial charge in [-0.05, 0) is 61.1 Å². The molecule has 0 radical (unpaired) electrons. The van der Waals surface area contributed by atoms with Gasteiger partial charge >= 0.3 is 0 Å². The van der Waals surface area contributed by atoms with Gasteiger partial charge in [-0.1, -0.05) is 36.4 Å². The number of hydrogen-bond acceptors (Lipinski definition) is 3. The number of nitrogens with zero attached hydrogens (tertiary/aromatic N) is 3. The summed E-state index contributed by atoms with van der Waals surface area (Å²) in [5.41, 5.74) is 8.69. The summed E-state index contributed by atoms with van der Waals surface area (Å²) in [5.74, 6) is -0.680. The number of aromatic nitrogens is 2. The Morgan fingerprint density at radius 1 is 1.12 bits per heavy atom. The predicted octanol–water partition coefficient (Wildman–Crippen LogP) is 3.72. The Labute approximate surface area is 193 Å². The van der Waals surface area contributed by atoms with Crippen molar-refractivity contribution in [1.29, 1.82) is 0 Å². The number of carbonyl (C=O) groups excluding carboxylic acids is 2. The molecule has 0 aliphatic carbocycles. The number of piperidine rings is 1. The van der Waals surface area contributed by atoms with Gasteiger partial charge in [-0.3, -0.25) is 14.3 Å². The number of carbonyl (C=O) groups is 2. The number of nitrogens with two attached hydrogens (primary N) is 1. The lowest BCUT2D eigenvalue weighted by Gasteiger charge is -2.41. The average Bonchev–Trinajstić information content (AvgIpc) is 3.22. The van der Waals surface area contributed by atoms with Gasteiger partial charge in [-0.2, -0.15) is 5.10 Å². The second kappa shape index (κ2) is 9.57. The van der Waals surface area contributed by atoms with Crippen LogP contribution in [0.5, 0.6) is 0 Å². The van der Waals surface area contributed by atoms with Gasteiger partial charge in [0, 0.05) is 37.9 Å². The molecule has 2 heterocycles. The number of hydrogen-bond donors (Lipinski definition) is 1. The second-order valence-electron chi connectivity index (χ2n) is 8.90. The molecule has 4 rings (SSSR count). The van der Waals surface area contributed by atoms with Crippen molar-refractivity contribution in [2.45, 2.75) is 39.2 Å². The van der Waals surface area contributed by atoms with Crippen molar-refractivity contribution in [2.75, 3.05) is 13.1 Å². The molecule has 2 amide bonds. The van der Waals surface area contributed by atoms with Gasteiger partial charge in [0.1, 0.15) is 5.82 Å². The minimum Gasteiger partial charge on any atom is -0.369 e. The van der Waals surface area contributed by atoms with Crippen LogP contribution in [0.25, 0.3) is 11.1 Å². The Hall–Kier alpha value is -3.48. The number of halogens is 1. The molecule has 1 aliphatic rings. The van der Waals surface area contributed by atoms with Crippen molar-refractivity contribution < 1.29 is 14.0 Å². The average molecular weight is 449 g/mol. The minimum absolute atomic E-state index is 0.00346. The third kappa shape index (κ3) is 5.13. The van der Waals surface area contributed by atoms with Gasteiger partial charge in [0.05, 0.1) is 5.41 Å². The first-order valence-electron chi connectivity index (χ1n) is 11.3. The zero-order chi connectivity index (χ0) is 23.4. The lowest BCUT2D eigenvalue weighted by Crippen LogP contribution is -2.53. The lowest BCUT2D eigenvalue weighted by atomic mass is 9.74. The zero-order valence-electron chi connectivity index (χ0n) is 18.8. The van der Waals surface area contributed by atoms with E-state index in [1.165, 1.54) is 12.1 Å². The largest absolute Gasteiger partial charge is 0.369 e. The maximum atomic E-state index is 13.7. The van der Waals surface area contributed by atoms with Crippen LogP contribution in [0.2, 0.25) is 0 Å². The first kappa shape index (κ1) is 22.7. The summed E-state index contributed by atoms with van der Waals surface area (Å²) in [5, 5.41) is 4.23. The van der Waals surface area contributed by atoms with E-state index in [0.29, 0.717) is 38.9 Å². The van der Waals surface area contributed by atoms with Gasteiger partial charge < -0.3 is 10.6 Å². The van der Waals surface area contributed by atoms with Crippen LogP contribution in [0.4, 0.5) is 4.39 Å².